The van der Waals surface area contributed by atoms with E-state index in [9.17, 15) is 4.79 Å². The van der Waals surface area contributed by atoms with Crippen LogP contribution in [-0.2, 0) is 0 Å². The molecule has 0 saturated carbocycles. The van der Waals surface area contributed by atoms with Gasteiger partial charge in [0, 0.05) is 11.1 Å². The van der Waals surface area contributed by atoms with Crippen molar-refractivity contribution in [3.8, 4) is 0 Å². The van der Waals surface area contributed by atoms with Crippen LogP contribution in [0.15, 0.2) is 42.5 Å². The number of carbonyl (C=O) groups excluding carboxylic acids is 1. The first-order valence-electron chi connectivity index (χ1n) is 5.77. The molecule has 0 bridgehead atoms. The smallest absolute Gasteiger partial charge is 0.193 e. The fourth-order valence-electron chi connectivity index (χ4n) is 1.92. The Labute approximate surface area is 102 Å². The van der Waals surface area contributed by atoms with Gasteiger partial charge in [-0.2, -0.15) is 0 Å². The Morgan fingerprint density at radius 2 is 1.35 bits per heavy atom. The zero-order valence-electron chi connectivity index (χ0n) is 10.4. The summed E-state index contributed by atoms with van der Waals surface area (Å²) in [4.78, 5) is 12.3. The van der Waals surface area contributed by atoms with Gasteiger partial charge >= 0.3 is 0 Å². The molecule has 0 spiro atoms. The van der Waals surface area contributed by atoms with Crippen LogP contribution in [0.25, 0.3) is 0 Å². The van der Waals surface area contributed by atoms with Crippen LogP contribution in [0.5, 0.6) is 0 Å². The quantitative estimate of drug-likeness (QED) is 0.708. The normalized spacial score (nSPS) is 10.3. The Balaban J connectivity index is 2.45. The summed E-state index contributed by atoms with van der Waals surface area (Å²) < 4.78 is 0. The zero-order valence-corrected chi connectivity index (χ0v) is 10.4. The van der Waals surface area contributed by atoms with Crippen LogP contribution < -0.4 is 0 Å². The zero-order chi connectivity index (χ0) is 12.4. The lowest BCUT2D eigenvalue weighted by atomic mass is 9.96. The van der Waals surface area contributed by atoms with Crippen molar-refractivity contribution in [1.82, 2.24) is 0 Å². The predicted molar refractivity (Wildman–Crippen MR) is 70.5 cm³/mol. The molecule has 2 aromatic carbocycles. The van der Waals surface area contributed by atoms with E-state index in [0.29, 0.717) is 0 Å². The summed E-state index contributed by atoms with van der Waals surface area (Å²) in [5, 5.41) is 0. The third-order valence-corrected chi connectivity index (χ3v) is 3.23. The molecule has 1 heteroatoms. The molecule has 1 nitrogen and oxygen atoms in total. The van der Waals surface area contributed by atoms with E-state index in [0.717, 1.165) is 11.1 Å². The molecular weight excluding hydrogens is 208 g/mol. The summed E-state index contributed by atoms with van der Waals surface area (Å²) in [6, 6.07) is 13.3. The minimum absolute atomic E-state index is 0.0943. The summed E-state index contributed by atoms with van der Waals surface area (Å²) in [6.07, 6.45) is 0. The minimum Gasteiger partial charge on any atom is -0.289 e. The Hall–Kier alpha value is -1.89. The molecule has 0 aliphatic rings. The van der Waals surface area contributed by atoms with Gasteiger partial charge in [0.1, 0.15) is 0 Å². The lowest BCUT2D eigenvalue weighted by Gasteiger charge is -2.08. The first-order chi connectivity index (χ1) is 8.09. The van der Waals surface area contributed by atoms with Gasteiger partial charge in [0.25, 0.3) is 0 Å². The maximum absolute atomic E-state index is 12.3. The number of rotatable bonds is 2. The van der Waals surface area contributed by atoms with Gasteiger partial charge in [-0.1, -0.05) is 30.3 Å². The number of carbonyl (C=O) groups is 1. The van der Waals surface area contributed by atoms with E-state index in [1.54, 1.807) is 0 Å². The molecule has 0 atom stereocenters. The number of aryl methyl sites for hydroxylation is 2. The average molecular weight is 224 g/mol. The van der Waals surface area contributed by atoms with E-state index in [2.05, 4.69) is 6.92 Å². The van der Waals surface area contributed by atoms with Crippen molar-refractivity contribution in [3.05, 3.63) is 70.3 Å². The third kappa shape index (κ3) is 2.28. The van der Waals surface area contributed by atoms with Crippen molar-refractivity contribution < 1.29 is 4.79 Å². The van der Waals surface area contributed by atoms with Crippen molar-refractivity contribution in [3.63, 3.8) is 0 Å². The molecule has 0 radical (unpaired) electrons. The highest BCUT2D eigenvalue weighted by molar-refractivity contribution is 6.09. The Kier molecular flexibility index (Phi) is 3.10. The van der Waals surface area contributed by atoms with E-state index in [1.807, 2.05) is 56.3 Å². The van der Waals surface area contributed by atoms with Gasteiger partial charge in [-0.3, -0.25) is 4.79 Å². The van der Waals surface area contributed by atoms with Crippen molar-refractivity contribution in [2.24, 2.45) is 0 Å². The molecule has 0 aromatic heterocycles. The fraction of sp³-hybridized carbons (Fsp3) is 0.188. The molecule has 0 fully saturated rings. The molecule has 0 amide bonds. The van der Waals surface area contributed by atoms with Crippen LogP contribution in [0.3, 0.4) is 0 Å². The van der Waals surface area contributed by atoms with Crippen molar-refractivity contribution >= 4 is 5.78 Å². The average Bonchev–Trinajstić information content (AvgIpc) is 2.35. The van der Waals surface area contributed by atoms with Crippen LogP contribution in [0.2, 0.25) is 0 Å². The van der Waals surface area contributed by atoms with Crippen molar-refractivity contribution in [1.29, 1.82) is 0 Å². The van der Waals surface area contributed by atoms with Gasteiger partial charge in [0.15, 0.2) is 5.78 Å². The maximum Gasteiger partial charge on any atom is 0.193 e. The first kappa shape index (κ1) is 11.6. The monoisotopic (exact) mass is 224 g/mol. The van der Waals surface area contributed by atoms with Gasteiger partial charge in [0.2, 0.25) is 0 Å². The lowest BCUT2D eigenvalue weighted by molar-refractivity contribution is 0.103. The lowest BCUT2D eigenvalue weighted by Crippen LogP contribution is -2.03. The first-order valence-corrected chi connectivity index (χ1v) is 5.77. The largest absolute Gasteiger partial charge is 0.289 e. The molecule has 0 aliphatic heterocycles. The van der Waals surface area contributed by atoms with Crippen LogP contribution in [-0.4, -0.2) is 5.78 Å². The van der Waals surface area contributed by atoms with E-state index in [-0.39, 0.29) is 5.78 Å². The Bertz CT molecular complexity index is 530. The van der Waals surface area contributed by atoms with Crippen LogP contribution in [0.4, 0.5) is 0 Å². The molecule has 0 saturated heterocycles. The van der Waals surface area contributed by atoms with Crippen LogP contribution in [0.1, 0.15) is 32.6 Å². The SMILES string of the molecule is Cc1cc(C(=O)c2ccccc2)cc(C)c1C. The fourth-order valence-corrected chi connectivity index (χ4v) is 1.92. The van der Waals surface area contributed by atoms with Crippen LogP contribution in [0, 0.1) is 20.8 Å². The highest BCUT2D eigenvalue weighted by Crippen LogP contribution is 2.18. The molecule has 2 rings (SSSR count). The van der Waals surface area contributed by atoms with Crippen LogP contribution >= 0.6 is 0 Å². The predicted octanol–water partition coefficient (Wildman–Crippen LogP) is 3.84. The van der Waals surface area contributed by atoms with E-state index in [1.165, 1.54) is 16.7 Å². The topological polar surface area (TPSA) is 17.1 Å². The summed E-state index contributed by atoms with van der Waals surface area (Å²) >= 11 is 0. The summed E-state index contributed by atoms with van der Waals surface area (Å²) in [5.41, 5.74) is 5.12. The third-order valence-electron chi connectivity index (χ3n) is 3.23. The highest BCUT2D eigenvalue weighted by Gasteiger charge is 2.10. The Morgan fingerprint density at radius 1 is 0.824 bits per heavy atom. The molecule has 0 N–H and O–H groups in total. The summed E-state index contributed by atoms with van der Waals surface area (Å²) in [7, 11) is 0. The van der Waals surface area contributed by atoms with Gasteiger partial charge in [-0.25, -0.2) is 0 Å². The van der Waals surface area contributed by atoms with Gasteiger partial charge in [0.05, 0.1) is 0 Å². The second kappa shape index (κ2) is 4.54. The minimum atomic E-state index is 0.0943. The second-order valence-corrected chi connectivity index (χ2v) is 4.43. The molecule has 17 heavy (non-hydrogen) atoms. The molecular formula is C16H16O. The molecule has 0 unspecified atom stereocenters. The van der Waals surface area contributed by atoms with E-state index < -0.39 is 0 Å². The number of benzene rings is 2. The number of hydrogen-bond donors (Lipinski definition) is 0. The molecule has 2 aromatic rings. The van der Waals surface area contributed by atoms with Gasteiger partial charge in [-0.15, -0.1) is 0 Å². The standard InChI is InChI=1S/C16H16O/c1-11-9-15(10-12(2)13(11)3)16(17)14-7-5-4-6-8-14/h4-10H,1-3H3. The Morgan fingerprint density at radius 3 is 1.88 bits per heavy atom. The highest BCUT2D eigenvalue weighted by atomic mass is 16.1. The number of ketones is 1. The summed E-state index contributed by atoms with van der Waals surface area (Å²) in [5.74, 6) is 0.0943. The van der Waals surface area contributed by atoms with Crippen molar-refractivity contribution in [2.45, 2.75) is 20.8 Å². The second-order valence-electron chi connectivity index (χ2n) is 4.43. The van der Waals surface area contributed by atoms with Gasteiger partial charge in [-0.05, 0) is 49.6 Å². The van der Waals surface area contributed by atoms with E-state index >= 15 is 0 Å². The maximum atomic E-state index is 12.3. The molecule has 0 aliphatic carbocycles. The number of hydrogen-bond acceptors (Lipinski definition) is 1. The van der Waals surface area contributed by atoms with E-state index in [4.69, 9.17) is 0 Å². The molecule has 86 valence electrons. The van der Waals surface area contributed by atoms with Gasteiger partial charge < -0.3 is 0 Å². The molecule has 0 heterocycles. The van der Waals surface area contributed by atoms with Crippen molar-refractivity contribution in [2.75, 3.05) is 0 Å². The summed E-state index contributed by atoms with van der Waals surface area (Å²) in [6.45, 7) is 6.18.